The van der Waals surface area contributed by atoms with E-state index >= 15 is 0 Å². The van der Waals surface area contributed by atoms with Crippen LogP contribution in [0.4, 0.5) is 4.79 Å². The summed E-state index contributed by atoms with van der Waals surface area (Å²) in [7, 11) is 0. The van der Waals surface area contributed by atoms with Gasteiger partial charge in [0.15, 0.2) is 0 Å². The fourth-order valence-corrected chi connectivity index (χ4v) is 5.88. The van der Waals surface area contributed by atoms with Gasteiger partial charge in [-0.3, -0.25) is 4.99 Å². The number of hydrogen-bond acceptors (Lipinski definition) is 6. The second-order valence-electron chi connectivity index (χ2n) is 10.1. The average Bonchev–Trinajstić information content (AvgIpc) is 3.29. The lowest BCUT2D eigenvalue weighted by molar-refractivity contribution is -0.101. The van der Waals surface area contributed by atoms with Gasteiger partial charge in [0.25, 0.3) is 0 Å². The van der Waals surface area contributed by atoms with E-state index in [1.807, 2.05) is 0 Å². The van der Waals surface area contributed by atoms with Crippen LogP contribution in [-0.4, -0.2) is 31.3 Å². The Morgan fingerprint density at radius 3 is 2.86 bits per heavy atom. The van der Waals surface area contributed by atoms with Crippen molar-refractivity contribution in [3.63, 3.8) is 0 Å². The van der Waals surface area contributed by atoms with E-state index in [4.69, 9.17) is 24.9 Å². The number of nitrogens with two attached hydrogens (primary N) is 1. The molecule has 4 aliphatic rings. The second-order valence-corrected chi connectivity index (χ2v) is 10.1. The molecule has 6 heteroatoms. The summed E-state index contributed by atoms with van der Waals surface area (Å²) in [6.45, 7) is 6.17. The van der Waals surface area contributed by atoms with Crippen molar-refractivity contribution in [2.45, 2.75) is 89.9 Å². The highest BCUT2D eigenvalue weighted by Crippen LogP contribution is 2.46. The van der Waals surface area contributed by atoms with Gasteiger partial charge in [-0.05, 0) is 75.8 Å². The van der Waals surface area contributed by atoms with Crippen molar-refractivity contribution in [3.8, 4) is 0 Å². The fourth-order valence-electron chi connectivity index (χ4n) is 5.88. The summed E-state index contributed by atoms with van der Waals surface area (Å²) >= 11 is 0. The molecule has 1 aliphatic heterocycles. The molecule has 3 unspecified atom stereocenters. The molecule has 6 nitrogen and oxygen atoms in total. The number of carbonyl (C=O) groups is 1. The molecule has 0 spiro atoms. The summed E-state index contributed by atoms with van der Waals surface area (Å²) in [6.07, 6.45) is 18.2. The molecule has 4 atom stereocenters. The molecule has 1 heterocycles. The van der Waals surface area contributed by atoms with Gasteiger partial charge in [-0.15, -0.1) is 0 Å². The Labute approximate surface area is 209 Å². The maximum absolute atomic E-state index is 12.3. The number of carbonyl (C=O) groups excluding carboxylic acids is 1. The van der Waals surface area contributed by atoms with Crippen molar-refractivity contribution in [2.75, 3.05) is 6.54 Å². The Morgan fingerprint density at radius 1 is 1.26 bits per heavy atom. The van der Waals surface area contributed by atoms with E-state index in [1.54, 1.807) is 12.5 Å². The molecule has 2 fully saturated rings. The van der Waals surface area contributed by atoms with Gasteiger partial charge in [-0.1, -0.05) is 42.5 Å². The van der Waals surface area contributed by atoms with Crippen molar-refractivity contribution < 1.29 is 19.0 Å². The van der Waals surface area contributed by atoms with E-state index in [-0.39, 0.29) is 12.0 Å². The highest BCUT2D eigenvalue weighted by atomic mass is 16.8. The molecule has 0 saturated heterocycles. The van der Waals surface area contributed by atoms with Crippen molar-refractivity contribution in [1.29, 1.82) is 0 Å². The number of hydrogen-bond donors (Lipinski definition) is 1. The van der Waals surface area contributed by atoms with Gasteiger partial charge in [-0.2, -0.15) is 0 Å². The van der Waals surface area contributed by atoms with Gasteiger partial charge in [0.1, 0.15) is 11.9 Å². The van der Waals surface area contributed by atoms with Crippen LogP contribution < -0.4 is 5.73 Å². The van der Waals surface area contributed by atoms with E-state index in [0.717, 1.165) is 69.9 Å². The standard InChI is InChI=1S/C29H40N2O4/c1-3-28(33-20(2)34-29(32)35-23-12-5-4-6-13-23)22(11-9-17-30)18-27-25-16-15-21-10-7-8-14-24(21)26(25)19-31-27/h7-8,10,19-20,22-24,26H,1,4-6,9,11-18,30H2,2H3/t20?,22-,24?,26?/m0/s1. The minimum Gasteiger partial charge on any atom is -0.451 e. The molecule has 3 aliphatic carbocycles. The number of aliphatic imine (C=N–C) groups is 1. The minimum absolute atomic E-state index is 0.0260. The maximum Gasteiger partial charge on any atom is 0.511 e. The van der Waals surface area contributed by atoms with E-state index in [9.17, 15) is 4.79 Å². The lowest BCUT2D eigenvalue weighted by Crippen LogP contribution is -2.26. The zero-order valence-electron chi connectivity index (χ0n) is 21.0. The predicted octanol–water partition coefficient (Wildman–Crippen LogP) is 6.50. The van der Waals surface area contributed by atoms with E-state index < -0.39 is 12.4 Å². The highest BCUT2D eigenvalue weighted by molar-refractivity contribution is 5.73. The van der Waals surface area contributed by atoms with Gasteiger partial charge < -0.3 is 19.9 Å². The topological polar surface area (TPSA) is 83.1 Å². The third kappa shape index (κ3) is 6.56. The lowest BCUT2D eigenvalue weighted by atomic mass is 9.70. The summed E-state index contributed by atoms with van der Waals surface area (Å²) in [6, 6.07) is 0. The average molecular weight is 481 g/mol. The predicted molar refractivity (Wildman–Crippen MR) is 138 cm³/mol. The molecule has 0 bridgehead atoms. The first-order chi connectivity index (χ1) is 17.1. The zero-order chi connectivity index (χ0) is 24.6. The van der Waals surface area contributed by atoms with Crippen LogP contribution in [0.15, 0.2) is 58.1 Å². The van der Waals surface area contributed by atoms with Crippen molar-refractivity contribution in [3.05, 3.63) is 53.1 Å². The van der Waals surface area contributed by atoms with Crippen LogP contribution in [0.1, 0.15) is 77.6 Å². The van der Waals surface area contributed by atoms with Gasteiger partial charge in [0.2, 0.25) is 6.29 Å². The Balaban J connectivity index is 1.38. The summed E-state index contributed by atoms with van der Waals surface area (Å²) in [4.78, 5) is 17.1. The molecule has 190 valence electrons. The second kappa shape index (κ2) is 12.4. The lowest BCUT2D eigenvalue weighted by Gasteiger charge is -2.33. The molecule has 4 rings (SSSR count). The zero-order valence-corrected chi connectivity index (χ0v) is 21.0. The van der Waals surface area contributed by atoms with Crippen molar-refractivity contribution in [1.82, 2.24) is 0 Å². The van der Waals surface area contributed by atoms with Crippen LogP contribution in [0, 0.1) is 17.8 Å². The molecule has 2 saturated carbocycles. The Hall–Kier alpha value is -2.56. The largest absolute Gasteiger partial charge is 0.511 e. The van der Waals surface area contributed by atoms with Crippen LogP contribution in [0.3, 0.4) is 0 Å². The first-order valence-corrected chi connectivity index (χ1v) is 13.3. The maximum atomic E-state index is 12.3. The van der Waals surface area contributed by atoms with Crippen LogP contribution in [0.25, 0.3) is 0 Å². The SMILES string of the molecule is C=C=C(OC(C)OC(=O)OC1CCCCC1)[C@@H](CCCN)CC1=C2CCC3=CC=CCC3C2C=N1. The first kappa shape index (κ1) is 25.5. The third-order valence-corrected chi connectivity index (χ3v) is 7.70. The van der Waals surface area contributed by atoms with Crippen molar-refractivity contribution in [2.24, 2.45) is 28.5 Å². The first-order valence-electron chi connectivity index (χ1n) is 13.3. The smallest absolute Gasteiger partial charge is 0.451 e. The van der Waals surface area contributed by atoms with Crippen LogP contribution in [0.2, 0.25) is 0 Å². The van der Waals surface area contributed by atoms with Crippen molar-refractivity contribution >= 4 is 12.4 Å². The van der Waals surface area contributed by atoms with Gasteiger partial charge in [-0.25, -0.2) is 4.79 Å². The molecule has 0 aromatic rings. The van der Waals surface area contributed by atoms with Gasteiger partial charge in [0, 0.05) is 37.1 Å². The monoisotopic (exact) mass is 480 g/mol. The fraction of sp³-hybridized carbons (Fsp3) is 0.621. The van der Waals surface area contributed by atoms with Crippen LogP contribution in [0.5, 0.6) is 0 Å². The molecule has 0 radical (unpaired) electrons. The highest BCUT2D eigenvalue weighted by Gasteiger charge is 2.36. The molecule has 35 heavy (non-hydrogen) atoms. The summed E-state index contributed by atoms with van der Waals surface area (Å²) < 4.78 is 16.9. The summed E-state index contributed by atoms with van der Waals surface area (Å²) in [5.41, 5.74) is 13.0. The number of ether oxygens (including phenoxy) is 3. The molecule has 0 aromatic heterocycles. The molecular formula is C29H40N2O4. The normalized spacial score (nSPS) is 25.1. The Morgan fingerprint density at radius 2 is 2.09 bits per heavy atom. The van der Waals surface area contributed by atoms with Crippen LogP contribution in [-0.2, 0) is 14.2 Å². The molecule has 0 aromatic carbocycles. The van der Waals surface area contributed by atoms with E-state index in [1.165, 1.54) is 12.0 Å². The van der Waals surface area contributed by atoms with Gasteiger partial charge in [0.05, 0.1) is 0 Å². The summed E-state index contributed by atoms with van der Waals surface area (Å²) in [5.74, 6) is 1.57. The number of fused-ring (bicyclic) bond motifs is 3. The van der Waals surface area contributed by atoms with E-state index in [0.29, 0.717) is 24.1 Å². The minimum atomic E-state index is -0.787. The quantitative estimate of drug-likeness (QED) is 0.167. The molecule has 0 amide bonds. The number of rotatable bonds is 10. The van der Waals surface area contributed by atoms with Gasteiger partial charge >= 0.3 is 6.16 Å². The molecular weight excluding hydrogens is 440 g/mol. The third-order valence-electron chi connectivity index (χ3n) is 7.70. The van der Waals surface area contributed by atoms with Crippen LogP contribution >= 0.6 is 0 Å². The number of nitrogens with zero attached hydrogens (tertiary/aromatic N) is 1. The number of allylic oxidation sites excluding steroid dienone is 7. The molecule has 2 N–H and O–H groups in total. The Kier molecular flexibility index (Phi) is 9.06. The summed E-state index contributed by atoms with van der Waals surface area (Å²) in [5, 5.41) is 0. The Bertz CT molecular complexity index is 934. The van der Waals surface area contributed by atoms with E-state index in [2.05, 4.69) is 36.8 Å².